The number of thiazole rings is 1. The Morgan fingerprint density at radius 3 is 2.79 bits per heavy atom. The third-order valence-electron chi connectivity index (χ3n) is 2.59. The molecule has 0 N–H and O–H groups in total. The molecule has 0 aliphatic rings. The Balaban J connectivity index is 1.93. The van der Waals surface area contributed by atoms with Crippen LogP contribution in [0, 0.1) is 6.92 Å². The maximum absolute atomic E-state index is 5.65. The molecule has 0 radical (unpaired) electrons. The van der Waals surface area contributed by atoms with Crippen LogP contribution in [0.15, 0.2) is 5.38 Å². The van der Waals surface area contributed by atoms with E-state index in [0.717, 1.165) is 23.4 Å². The maximum atomic E-state index is 5.65. The van der Waals surface area contributed by atoms with Crippen LogP contribution in [0.1, 0.15) is 5.01 Å². The molecule has 2 rings (SSSR count). The van der Waals surface area contributed by atoms with Crippen LogP contribution in [-0.2, 0) is 11.5 Å². The van der Waals surface area contributed by atoms with E-state index in [-0.39, 0.29) is 0 Å². The van der Waals surface area contributed by atoms with E-state index in [9.17, 15) is 0 Å². The molecule has 0 aliphatic heterocycles. The number of ether oxygens (including phenoxy) is 1. The molecule has 2 heterocycles. The molecule has 0 saturated carbocycles. The molecule has 0 unspecified atom stereocenters. The quantitative estimate of drug-likeness (QED) is 0.605. The predicted molar refractivity (Wildman–Crippen MR) is 77.8 cm³/mol. The van der Waals surface area contributed by atoms with Crippen molar-refractivity contribution >= 4 is 19.4 Å². The topological polar surface area (TPSA) is 65.7 Å². The molecule has 2 aromatic heterocycles. The minimum absolute atomic E-state index is 0.378. The third-order valence-corrected chi connectivity index (χ3v) is 5.07. The number of aromatic nitrogens is 5. The van der Waals surface area contributed by atoms with Gasteiger partial charge in [-0.1, -0.05) is 19.6 Å². The number of tetrazole rings is 1. The predicted octanol–water partition coefficient (Wildman–Crippen LogP) is 2.42. The van der Waals surface area contributed by atoms with Gasteiger partial charge in [-0.2, -0.15) is 4.68 Å². The maximum Gasteiger partial charge on any atom is 0.203 e. The van der Waals surface area contributed by atoms with Crippen LogP contribution < -0.4 is 0 Å². The lowest BCUT2D eigenvalue weighted by Crippen LogP contribution is -2.22. The fraction of sp³-hybridized carbons (Fsp3) is 0.636. The molecule has 0 spiro atoms. The molecular weight excluding hydrogens is 278 g/mol. The summed E-state index contributed by atoms with van der Waals surface area (Å²) in [7, 11) is -1.05. The summed E-state index contributed by atoms with van der Waals surface area (Å²) >= 11 is 1.59. The zero-order valence-corrected chi connectivity index (χ0v) is 13.6. The number of nitrogens with zero attached hydrogens (tertiary/aromatic N) is 5. The first-order chi connectivity index (χ1) is 8.96. The van der Waals surface area contributed by atoms with Crippen molar-refractivity contribution in [1.29, 1.82) is 0 Å². The standard InChI is InChI=1S/C11H19N5OSSi/c1-9-12-10(7-18-9)11-13-14-15-16(11)8-17-5-6-19(2,3)4/h7H,5-6,8H2,1-4H3. The molecule has 0 atom stereocenters. The van der Waals surface area contributed by atoms with Crippen LogP contribution >= 0.6 is 11.3 Å². The molecule has 6 nitrogen and oxygen atoms in total. The fourth-order valence-corrected chi connectivity index (χ4v) is 2.82. The summed E-state index contributed by atoms with van der Waals surface area (Å²) in [6.07, 6.45) is 0. The van der Waals surface area contributed by atoms with Gasteiger partial charge < -0.3 is 4.74 Å². The molecule has 19 heavy (non-hydrogen) atoms. The molecule has 2 aromatic rings. The molecule has 0 bridgehead atoms. The van der Waals surface area contributed by atoms with Crippen molar-refractivity contribution in [3.05, 3.63) is 10.4 Å². The van der Waals surface area contributed by atoms with Crippen LogP contribution in [0.2, 0.25) is 25.7 Å². The van der Waals surface area contributed by atoms with Gasteiger partial charge in [-0.25, -0.2) is 4.98 Å². The number of rotatable bonds is 6. The molecule has 0 fully saturated rings. The average Bonchev–Trinajstić information content (AvgIpc) is 2.91. The van der Waals surface area contributed by atoms with Crippen molar-refractivity contribution in [2.45, 2.75) is 39.3 Å². The SMILES string of the molecule is Cc1nc(-c2nnnn2COCC[Si](C)(C)C)cs1. The fourth-order valence-electron chi connectivity index (χ4n) is 1.47. The summed E-state index contributed by atoms with van der Waals surface area (Å²) in [4.78, 5) is 4.39. The van der Waals surface area contributed by atoms with Crippen LogP contribution in [0.3, 0.4) is 0 Å². The smallest absolute Gasteiger partial charge is 0.203 e. The first-order valence-electron chi connectivity index (χ1n) is 6.22. The van der Waals surface area contributed by atoms with E-state index in [0.29, 0.717) is 12.6 Å². The highest BCUT2D eigenvalue weighted by Gasteiger charge is 2.14. The van der Waals surface area contributed by atoms with Crippen LogP contribution in [-0.4, -0.2) is 39.9 Å². The second-order valence-corrected chi connectivity index (χ2v) is 12.3. The summed E-state index contributed by atoms with van der Waals surface area (Å²) in [5, 5.41) is 14.6. The second kappa shape index (κ2) is 5.89. The molecule has 0 amide bonds. The lowest BCUT2D eigenvalue weighted by molar-refractivity contribution is 0.0783. The highest BCUT2D eigenvalue weighted by atomic mass is 32.1. The van der Waals surface area contributed by atoms with Gasteiger partial charge in [0.15, 0.2) is 0 Å². The van der Waals surface area contributed by atoms with Crippen molar-refractivity contribution in [1.82, 2.24) is 25.2 Å². The van der Waals surface area contributed by atoms with Gasteiger partial charge in [0.05, 0.1) is 5.01 Å². The van der Waals surface area contributed by atoms with Crippen LogP contribution in [0.25, 0.3) is 11.5 Å². The van der Waals surface area contributed by atoms with Gasteiger partial charge in [0.2, 0.25) is 5.82 Å². The van der Waals surface area contributed by atoms with Crippen molar-refractivity contribution < 1.29 is 4.74 Å². The lowest BCUT2D eigenvalue weighted by atomic mass is 10.5. The van der Waals surface area contributed by atoms with Crippen molar-refractivity contribution in [2.24, 2.45) is 0 Å². The van der Waals surface area contributed by atoms with E-state index in [2.05, 4.69) is 40.2 Å². The van der Waals surface area contributed by atoms with Gasteiger partial charge in [-0.05, 0) is 23.4 Å². The van der Waals surface area contributed by atoms with E-state index in [4.69, 9.17) is 4.74 Å². The molecular formula is C11H19N5OSSi. The van der Waals surface area contributed by atoms with E-state index >= 15 is 0 Å². The first-order valence-corrected chi connectivity index (χ1v) is 10.8. The Morgan fingerprint density at radius 1 is 1.37 bits per heavy atom. The monoisotopic (exact) mass is 297 g/mol. The van der Waals surface area contributed by atoms with Crippen molar-refractivity contribution in [3.8, 4) is 11.5 Å². The number of aryl methyl sites for hydroxylation is 1. The van der Waals surface area contributed by atoms with Crippen LogP contribution in [0.4, 0.5) is 0 Å². The Labute approximate surface area is 117 Å². The van der Waals surface area contributed by atoms with Gasteiger partial charge >= 0.3 is 0 Å². The normalized spacial score (nSPS) is 12.0. The molecule has 104 valence electrons. The second-order valence-electron chi connectivity index (χ2n) is 5.60. The van der Waals surface area contributed by atoms with Crippen molar-refractivity contribution in [3.63, 3.8) is 0 Å². The highest BCUT2D eigenvalue weighted by Crippen LogP contribution is 2.18. The van der Waals surface area contributed by atoms with Crippen molar-refractivity contribution in [2.75, 3.05) is 6.61 Å². The summed E-state index contributed by atoms with van der Waals surface area (Å²) in [5.74, 6) is 0.664. The molecule has 0 saturated heterocycles. The minimum Gasteiger partial charge on any atom is -0.359 e. The van der Waals surface area contributed by atoms with E-state index in [1.54, 1.807) is 16.0 Å². The molecule has 0 aliphatic carbocycles. The van der Waals surface area contributed by atoms with Gasteiger partial charge in [-0.15, -0.1) is 16.4 Å². The van der Waals surface area contributed by atoms with E-state index in [1.165, 1.54) is 0 Å². The molecule has 8 heteroatoms. The Kier molecular flexibility index (Phi) is 4.43. The largest absolute Gasteiger partial charge is 0.359 e. The Morgan fingerprint density at radius 2 is 2.16 bits per heavy atom. The first kappa shape index (κ1) is 14.3. The lowest BCUT2D eigenvalue weighted by Gasteiger charge is -2.15. The number of hydrogen-bond donors (Lipinski definition) is 0. The van der Waals surface area contributed by atoms with Gasteiger partial charge in [-0.3, -0.25) is 0 Å². The molecule has 0 aromatic carbocycles. The van der Waals surface area contributed by atoms with E-state index < -0.39 is 8.07 Å². The summed E-state index contributed by atoms with van der Waals surface area (Å²) in [5.41, 5.74) is 0.807. The summed E-state index contributed by atoms with van der Waals surface area (Å²) in [6.45, 7) is 10.1. The zero-order valence-electron chi connectivity index (χ0n) is 11.8. The summed E-state index contributed by atoms with van der Waals surface area (Å²) in [6, 6.07) is 1.14. The third kappa shape index (κ3) is 4.18. The Bertz CT molecular complexity index is 533. The van der Waals surface area contributed by atoms with Gasteiger partial charge in [0, 0.05) is 20.1 Å². The highest BCUT2D eigenvalue weighted by molar-refractivity contribution is 7.09. The van der Waals surface area contributed by atoms with E-state index in [1.807, 2.05) is 12.3 Å². The average molecular weight is 297 g/mol. The Hall–Kier alpha value is -1.12. The minimum atomic E-state index is -1.05. The van der Waals surface area contributed by atoms with Gasteiger partial charge in [0.25, 0.3) is 0 Å². The zero-order chi connectivity index (χ0) is 13.9. The van der Waals surface area contributed by atoms with Gasteiger partial charge in [0.1, 0.15) is 12.4 Å². The number of hydrogen-bond acceptors (Lipinski definition) is 6. The summed E-state index contributed by atoms with van der Waals surface area (Å²) < 4.78 is 7.31. The van der Waals surface area contributed by atoms with Crippen LogP contribution in [0.5, 0.6) is 0 Å².